The molecule has 1 aromatic carbocycles. The Morgan fingerprint density at radius 3 is 2.59 bits per heavy atom. The number of aliphatic imine (C=N–C) groups is 1. The van der Waals surface area contributed by atoms with Gasteiger partial charge in [-0.3, -0.25) is 24.4 Å². The van der Waals surface area contributed by atoms with Crippen molar-refractivity contribution in [3.8, 4) is 11.1 Å². The van der Waals surface area contributed by atoms with Crippen molar-refractivity contribution in [2.75, 3.05) is 26.8 Å². The largest absolute Gasteiger partial charge is 0.372 e. The first-order chi connectivity index (χ1) is 19.9. The minimum absolute atomic E-state index is 0.0773. The van der Waals surface area contributed by atoms with Crippen molar-refractivity contribution >= 4 is 30.5 Å². The molecule has 1 atom stereocenters. The Kier molecular flexibility index (Phi) is 9.77. The van der Waals surface area contributed by atoms with E-state index in [1.807, 2.05) is 48.5 Å². The first kappa shape index (κ1) is 29.4. The maximum absolute atomic E-state index is 13.4. The number of likely N-dealkylation sites (tertiary alicyclic amines) is 1. The van der Waals surface area contributed by atoms with Crippen molar-refractivity contribution in [3.63, 3.8) is 0 Å². The number of carbonyl (C=O) groups excluding carboxylic acids is 3. The first-order valence-electron chi connectivity index (χ1n) is 13.2. The number of aromatic amines is 1. The fourth-order valence-corrected chi connectivity index (χ4v) is 4.99. The summed E-state index contributed by atoms with van der Waals surface area (Å²) in [6, 6.07) is 14.9. The molecule has 2 fully saturated rings. The Balaban J connectivity index is 0.00000124. The molecular formula is C30H34N6O5. The molecule has 0 bridgehead atoms. The standard InChI is InChI=1S/C29H31N5O4.CH3NO/c1-3-25-22(16-30-2)13-24(33-25)18-32-28(36)26-15-29(37-11-12-38-29)19-34(26)27(35)14-23-10-9-21(17-31-23)20-7-5-4-6-8-20;2-1-3/h3-10,13,16-17,26,33H,1,11-12,14-15,18-19H2,2H3,(H,32,36);1H,(H2,2,3). The number of ether oxygens (including phenoxy) is 2. The van der Waals surface area contributed by atoms with Crippen molar-refractivity contribution in [3.05, 3.63) is 84.0 Å². The molecule has 1 spiro atoms. The second-order valence-electron chi connectivity index (χ2n) is 9.54. The Labute approximate surface area is 238 Å². The molecule has 1 unspecified atom stereocenters. The van der Waals surface area contributed by atoms with Crippen LogP contribution in [0.4, 0.5) is 0 Å². The van der Waals surface area contributed by atoms with Gasteiger partial charge in [-0.1, -0.05) is 43.0 Å². The zero-order valence-electron chi connectivity index (χ0n) is 22.9. The van der Waals surface area contributed by atoms with Gasteiger partial charge in [0.25, 0.3) is 0 Å². The number of nitrogens with zero attached hydrogens (tertiary/aromatic N) is 3. The lowest BCUT2D eigenvalue weighted by Gasteiger charge is -2.24. The number of nitrogens with two attached hydrogens (primary N) is 1. The van der Waals surface area contributed by atoms with E-state index in [2.05, 4.69) is 32.6 Å². The van der Waals surface area contributed by atoms with Crippen LogP contribution in [0.25, 0.3) is 17.2 Å². The van der Waals surface area contributed by atoms with Gasteiger partial charge in [-0.15, -0.1) is 0 Å². The number of nitrogens with one attached hydrogen (secondary N) is 2. The molecule has 3 aromatic rings. The predicted octanol–water partition coefficient (Wildman–Crippen LogP) is 2.07. The van der Waals surface area contributed by atoms with E-state index in [0.29, 0.717) is 18.9 Å². The second kappa shape index (κ2) is 13.6. The summed E-state index contributed by atoms with van der Waals surface area (Å²) in [6.45, 7) is 5.16. The molecule has 0 aliphatic carbocycles. The van der Waals surface area contributed by atoms with Crippen LogP contribution >= 0.6 is 0 Å². The van der Waals surface area contributed by atoms with Crippen LogP contribution in [0.5, 0.6) is 0 Å². The monoisotopic (exact) mass is 558 g/mol. The zero-order valence-corrected chi connectivity index (χ0v) is 22.9. The summed E-state index contributed by atoms with van der Waals surface area (Å²) >= 11 is 0. The van der Waals surface area contributed by atoms with E-state index in [-0.39, 0.29) is 44.2 Å². The summed E-state index contributed by atoms with van der Waals surface area (Å²) < 4.78 is 11.7. The number of carbonyl (C=O) groups is 3. The fraction of sp³-hybridized carbons (Fsp3) is 0.300. The van der Waals surface area contributed by atoms with Crippen molar-refractivity contribution in [1.82, 2.24) is 20.2 Å². The Hall–Kier alpha value is -4.61. The van der Waals surface area contributed by atoms with Gasteiger partial charge >= 0.3 is 0 Å². The molecule has 214 valence electrons. The molecule has 2 aliphatic heterocycles. The van der Waals surface area contributed by atoms with Gasteiger partial charge in [0, 0.05) is 54.1 Å². The smallest absolute Gasteiger partial charge is 0.243 e. The van der Waals surface area contributed by atoms with Gasteiger partial charge in [0.2, 0.25) is 18.2 Å². The third-order valence-electron chi connectivity index (χ3n) is 6.85. The number of benzene rings is 1. The molecule has 4 heterocycles. The zero-order chi connectivity index (χ0) is 29.2. The van der Waals surface area contributed by atoms with Gasteiger partial charge < -0.3 is 30.4 Å². The van der Waals surface area contributed by atoms with Crippen molar-refractivity contribution in [2.45, 2.75) is 31.2 Å². The van der Waals surface area contributed by atoms with Gasteiger partial charge in [-0.05, 0) is 23.8 Å². The molecule has 2 aliphatic rings. The highest BCUT2D eigenvalue weighted by atomic mass is 16.7. The van der Waals surface area contributed by atoms with Gasteiger partial charge in [-0.2, -0.15) is 0 Å². The van der Waals surface area contributed by atoms with Gasteiger partial charge in [0.05, 0.1) is 32.7 Å². The minimum Gasteiger partial charge on any atom is -0.372 e. The lowest BCUT2D eigenvalue weighted by atomic mass is 10.1. The molecule has 0 radical (unpaired) electrons. The van der Waals surface area contributed by atoms with Crippen LogP contribution in [-0.2, 0) is 36.8 Å². The van der Waals surface area contributed by atoms with E-state index in [0.717, 1.165) is 28.1 Å². The highest BCUT2D eigenvalue weighted by Gasteiger charge is 2.52. The van der Waals surface area contributed by atoms with E-state index in [1.165, 1.54) is 0 Å². The highest BCUT2D eigenvalue weighted by molar-refractivity contribution is 5.89. The lowest BCUT2D eigenvalue weighted by molar-refractivity contribution is -0.152. The summed E-state index contributed by atoms with van der Waals surface area (Å²) in [5.41, 5.74) is 9.37. The molecule has 11 heteroatoms. The summed E-state index contributed by atoms with van der Waals surface area (Å²) in [5, 5.41) is 2.96. The number of hydrogen-bond donors (Lipinski definition) is 3. The molecule has 4 N–H and O–H groups in total. The second-order valence-corrected chi connectivity index (χ2v) is 9.54. The third-order valence-corrected chi connectivity index (χ3v) is 6.85. The minimum atomic E-state index is -0.949. The average molecular weight is 559 g/mol. The summed E-state index contributed by atoms with van der Waals surface area (Å²) in [6.07, 6.45) is 5.81. The van der Waals surface area contributed by atoms with Crippen molar-refractivity contribution < 1.29 is 23.9 Å². The van der Waals surface area contributed by atoms with Crippen LogP contribution in [0, 0.1) is 0 Å². The van der Waals surface area contributed by atoms with Gasteiger partial charge in [0.15, 0.2) is 5.79 Å². The molecule has 2 aromatic heterocycles. The SMILES string of the molecule is C=Cc1[nH]c(CNC(=O)C2CC3(CN2C(=O)Cc2ccc(-c4ccccc4)cn2)OCCO3)cc1C=NC.NC=O. The number of aromatic nitrogens is 2. The summed E-state index contributed by atoms with van der Waals surface area (Å²) in [4.78, 5) is 48.7. The van der Waals surface area contributed by atoms with Crippen LogP contribution in [0.1, 0.15) is 29.1 Å². The molecule has 0 saturated carbocycles. The van der Waals surface area contributed by atoms with Crippen LogP contribution < -0.4 is 11.1 Å². The first-order valence-corrected chi connectivity index (χ1v) is 13.2. The Morgan fingerprint density at radius 1 is 1.22 bits per heavy atom. The maximum Gasteiger partial charge on any atom is 0.243 e. The maximum atomic E-state index is 13.4. The Morgan fingerprint density at radius 2 is 1.95 bits per heavy atom. The van der Waals surface area contributed by atoms with Crippen LogP contribution in [0.3, 0.4) is 0 Å². The van der Waals surface area contributed by atoms with E-state index >= 15 is 0 Å². The normalized spacial score (nSPS) is 17.3. The highest BCUT2D eigenvalue weighted by Crippen LogP contribution is 2.35. The number of primary amides is 1. The third kappa shape index (κ3) is 7.13. The number of H-pyrrole nitrogens is 1. The lowest BCUT2D eigenvalue weighted by Crippen LogP contribution is -2.46. The van der Waals surface area contributed by atoms with Crippen molar-refractivity contribution in [1.29, 1.82) is 0 Å². The molecular weight excluding hydrogens is 524 g/mol. The molecule has 3 amide bonds. The molecule has 41 heavy (non-hydrogen) atoms. The van der Waals surface area contributed by atoms with Crippen LogP contribution in [0.15, 0.2) is 66.3 Å². The van der Waals surface area contributed by atoms with Crippen LogP contribution in [0.2, 0.25) is 0 Å². The van der Waals surface area contributed by atoms with E-state index in [9.17, 15) is 9.59 Å². The fourth-order valence-electron chi connectivity index (χ4n) is 4.99. The summed E-state index contributed by atoms with van der Waals surface area (Å²) in [5.74, 6) is -1.41. The van der Waals surface area contributed by atoms with Crippen LogP contribution in [-0.4, -0.2) is 77.9 Å². The number of amides is 3. The molecule has 5 rings (SSSR count). The van der Waals surface area contributed by atoms with Gasteiger partial charge in [-0.25, -0.2) is 0 Å². The molecule has 11 nitrogen and oxygen atoms in total. The number of pyridine rings is 1. The summed E-state index contributed by atoms with van der Waals surface area (Å²) in [7, 11) is 1.70. The average Bonchev–Trinajstić information content (AvgIpc) is 3.72. The van der Waals surface area contributed by atoms with Gasteiger partial charge in [0.1, 0.15) is 6.04 Å². The Bertz CT molecular complexity index is 1380. The van der Waals surface area contributed by atoms with Crippen molar-refractivity contribution in [2.24, 2.45) is 10.7 Å². The van der Waals surface area contributed by atoms with E-state index < -0.39 is 11.8 Å². The predicted molar refractivity (Wildman–Crippen MR) is 155 cm³/mol. The number of rotatable bonds is 8. The van der Waals surface area contributed by atoms with E-state index in [1.54, 1.807) is 30.4 Å². The number of hydrogen-bond acceptors (Lipinski definition) is 7. The van der Waals surface area contributed by atoms with E-state index in [4.69, 9.17) is 14.3 Å². The molecule has 2 saturated heterocycles. The topological polar surface area (TPSA) is 152 Å². The quantitative estimate of drug-likeness (QED) is 0.284.